The molecule has 0 saturated carbocycles. The van der Waals surface area contributed by atoms with Crippen molar-refractivity contribution in [3.63, 3.8) is 0 Å². The second-order valence-corrected chi connectivity index (χ2v) is 9.46. The van der Waals surface area contributed by atoms with Gasteiger partial charge >= 0.3 is 0 Å². The minimum atomic E-state index is -3.33. The van der Waals surface area contributed by atoms with Crippen molar-refractivity contribution in [3.8, 4) is 11.3 Å². The fraction of sp³-hybridized carbons (Fsp3) is 0.474. The van der Waals surface area contributed by atoms with E-state index in [1.54, 1.807) is 4.68 Å². The zero-order valence-electron chi connectivity index (χ0n) is 16.8. The second-order valence-electron chi connectivity index (χ2n) is 7.23. The maximum atomic E-state index is 12.1. The molecule has 9 nitrogen and oxygen atoms in total. The lowest BCUT2D eigenvalue weighted by molar-refractivity contribution is -0.122. The van der Waals surface area contributed by atoms with E-state index in [1.807, 2.05) is 43.6 Å². The van der Waals surface area contributed by atoms with Crippen molar-refractivity contribution in [2.45, 2.75) is 12.6 Å². The lowest BCUT2D eigenvalue weighted by Crippen LogP contribution is -2.33. The van der Waals surface area contributed by atoms with E-state index in [2.05, 4.69) is 10.00 Å². The molecule has 0 radical (unpaired) electrons. The van der Waals surface area contributed by atoms with Crippen LogP contribution in [0.25, 0.3) is 11.3 Å². The quantitative estimate of drug-likeness (QED) is 0.648. The first-order valence-corrected chi connectivity index (χ1v) is 10.7. The van der Waals surface area contributed by atoms with Crippen molar-refractivity contribution >= 4 is 16.5 Å². The Bertz CT molecular complexity index is 899. The van der Waals surface area contributed by atoms with Crippen molar-refractivity contribution in [1.29, 1.82) is 0 Å². The molecule has 0 aliphatic carbocycles. The van der Waals surface area contributed by atoms with E-state index >= 15 is 0 Å². The van der Waals surface area contributed by atoms with E-state index in [9.17, 15) is 13.5 Å². The molecule has 2 N–H and O–H groups in total. The fourth-order valence-electron chi connectivity index (χ4n) is 3.39. The monoisotopic (exact) mass is 424 g/mol. The molecule has 1 aliphatic heterocycles. The molecule has 2 aromatic rings. The molecule has 2 atom stereocenters. The third-order valence-electron chi connectivity index (χ3n) is 4.81. The van der Waals surface area contributed by atoms with Gasteiger partial charge in [0.15, 0.2) is 0 Å². The van der Waals surface area contributed by atoms with Crippen LogP contribution in [0.15, 0.2) is 36.5 Å². The Labute approximate surface area is 171 Å². The number of hydrogen-bond acceptors (Lipinski definition) is 6. The highest BCUT2D eigenvalue weighted by Gasteiger charge is 2.35. The van der Waals surface area contributed by atoms with E-state index in [-0.39, 0.29) is 18.1 Å². The number of carbonyl (C=O) groups is 1. The van der Waals surface area contributed by atoms with Crippen LogP contribution in [0.1, 0.15) is 5.56 Å². The number of hydrogen-bond donors (Lipinski definition) is 2. The summed E-state index contributed by atoms with van der Waals surface area (Å²) in [5.74, 6) is -0.310. The van der Waals surface area contributed by atoms with Crippen LogP contribution in [-0.4, -0.2) is 83.1 Å². The second kappa shape index (κ2) is 9.97. The summed E-state index contributed by atoms with van der Waals surface area (Å²) in [5, 5.41) is 21.8. The molecule has 0 amide bonds. The molecule has 1 saturated heterocycles. The number of rotatable bonds is 6. The first-order valence-electron chi connectivity index (χ1n) is 9.14. The van der Waals surface area contributed by atoms with Crippen LogP contribution in [0.3, 0.4) is 0 Å². The Morgan fingerprint density at radius 2 is 1.86 bits per heavy atom. The number of benzene rings is 1. The summed E-state index contributed by atoms with van der Waals surface area (Å²) in [6.07, 6.45) is 1.35. The fourth-order valence-corrected chi connectivity index (χ4v) is 4.55. The number of aryl methyl sites for hydroxylation is 1. The van der Waals surface area contributed by atoms with Crippen LogP contribution in [0.5, 0.6) is 0 Å². The maximum Gasteiger partial charge on any atom is 0.290 e. The molecule has 29 heavy (non-hydrogen) atoms. The summed E-state index contributed by atoms with van der Waals surface area (Å²) in [7, 11) is 1.61. The average Bonchev–Trinajstić information content (AvgIpc) is 3.18. The van der Waals surface area contributed by atoms with Gasteiger partial charge in [0.25, 0.3) is 6.47 Å². The number of aromatic nitrogens is 2. The highest BCUT2D eigenvalue weighted by molar-refractivity contribution is 7.89. The summed E-state index contributed by atoms with van der Waals surface area (Å²) < 4.78 is 27.3. The van der Waals surface area contributed by atoms with Crippen LogP contribution in [0.2, 0.25) is 0 Å². The van der Waals surface area contributed by atoms with Crippen molar-refractivity contribution in [3.05, 3.63) is 42.1 Å². The predicted molar refractivity (Wildman–Crippen MR) is 110 cm³/mol. The lowest BCUT2D eigenvalue weighted by Gasteiger charge is -2.18. The van der Waals surface area contributed by atoms with E-state index < -0.39 is 16.1 Å². The van der Waals surface area contributed by atoms with Gasteiger partial charge in [-0.05, 0) is 0 Å². The molecular formula is C19H28N4O5S. The van der Waals surface area contributed by atoms with Gasteiger partial charge in [-0.3, -0.25) is 14.4 Å². The number of sulfonamides is 1. The van der Waals surface area contributed by atoms with Gasteiger partial charge in [-0.15, -0.1) is 0 Å². The normalized spacial score (nSPS) is 19.8. The van der Waals surface area contributed by atoms with Gasteiger partial charge in [-0.1, -0.05) is 30.3 Å². The van der Waals surface area contributed by atoms with Crippen LogP contribution in [0.4, 0.5) is 0 Å². The first-order chi connectivity index (χ1) is 13.7. The molecule has 0 spiro atoms. The molecule has 160 valence electrons. The Morgan fingerprint density at radius 1 is 1.24 bits per heavy atom. The van der Waals surface area contributed by atoms with E-state index in [0.29, 0.717) is 19.6 Å². The molecule has 0 bridgehead atoms. The molecule has 2 heterocycles. The smallest absolute Gasteiger partial charge is 0.290 e. The van der Waals surface area contributed by atoms with Gasteiger partial charge in [0.1, 0.15) is 0 Å². The number of nitrogens with zero attached hydrogens (tertiary/aromatic N) is 4. The summed E-state index contributed by atoms with van der Waals surface area (Å²) in [6, 6.07) is 9.98. The molecule has 10 heteroatoms. The number of carboxylic acid groups (broad SMARTS) is 1. The van der Waals surface area contributed by atoms with Crippen molar-refractivity contribution in [2.24, 2.45) is 13.0 Å². The van der Waals surface area contributed by atoms with E-state index in [1.165, 1.54) is 18.4 Å². The predicted octanol–water partition coefficient (Wildman–Crippen LogP) is 0.472. The van der Waals surface area contributed by atoms with Crippen molar-refractivity contribution in [1.82, 2.24) is 19.0 Å². The standard InChI is InChI=1S/C18H26N4O3S.CH2O2/c1-20(2)26(24,25)13-16-11-22(12-17(16)23)10-15-9-21(3)19-18(15)14-7-5-4-6-8-14;2-1-3/h4-9,16-17,23H,10-13H2,1-3H3;1H,(H,2,3)/t16-,17-;/m0./s1. The number of aliphatic hydroxyl groups is 1. The molecule has 1 aromatic carbocycles. The highest BCUT2D eigenvalue weighted by atomic mass is 32.2. The summed E-state index contributed by atoms with van der Waals surface area (Å²) in [5.41, 5.74) is 3.04. The van der Waals surface area contributed by atoms with Crippen LogP contribution >= 0.6 is 0 Å². The van der Waals surface area contributed by atoms with Crippen molar-refractivity contribution < 1.29 is 23.4 Å². The van der Waals surface area contributed by atoms with Gasteiger partial charge in [-0.2, -0.15) is 5.10 Å². The summed E-state index contributed by atoms with van der Waals surface area (Å²) >= 11 is 0. The molecule has 1 fully saturated rings. The van der Waals surface area contributed by atoms with E-state index in [0.717, 1.165) is 16.8 Å². The SMILES string of the molecule is CN(C)S(=O)(=O)C[C@@H]1CN(Cc2cn(C)nc2-c2ccccc2)C[C@@H]1O.O=CO. The van der Waals surface area contributed by atoms with Gasteiger partial charge < -0.3 is 10.2 Å². The lowest BCUT2D eigenvalue weighted by atomic mass is 10.1. The van der Waals surface area contributed by atoms with Gasteiger partial charge in [0.2, 0.25) is 10.0 Å². The third-order valence-corrected chi connectivity index (χ3v) is 6.77. The minimum Gasteiger partial charge on any atom is -0.483 e. The maximum absolute atomic E-state index is 12.1. The van der Waals surface area contributed by atoms with Gasteiger partial charge in [0.05, 0.1) is 17.6 Å². The summed E-state index contributed by atoms with van der Waals surface area (Å²) in [4.78, 5) is 10.5. The largest absolute Gasteiger partial charge is 0.483 e. The third kappa shape index (κ3) is 6.10. The van der Waals surface area contributed by atoms with Crippen LogP contribution in [-0.2, 0) is 28.4 Å². The minimum absolute atomic E-state index is 0.0315. The zero-order valence-corrected chi connectivity index (χ0v) is 17.7. The van der Waals surface area contributed by atoms with Gasteiger partial charge in [-0.25, -0.2) is 12.7 Å². The molecule has 1 aliphatic rings. The Hall–Kier alpha value is -2.27. The van der Waals surface area contributed by atoms with Crippen molar-refractivity contribution in [2.75, 3.05) is 32.9 Å². The average molecular weight is 425 g/mol. The number of β-amino-alcohol motifs (C(OH)–C–C–N with tert-alkyl or cyclic N) is 1. The highest BCUT2D eigenvalue weighted by Crippen LogP contribution is 2.26. The van der Waals surface area contributed by atoms with Crippen LogP contribution in [0, 0.1) is 5.92 Å². The molecule has 0 unspecified atom stereocenters. The zero-order chi connectivity index (χ0) is 21.6. The Balaban J connectivity index is 0.000000941. The topological polar surface area (TPSA) is 116 Å². The van der Waals surface area contributed by atoms with E-state index in [4.69, 9.17) is 9.90 Å². The molecular weight excluding hydrogens is 396 g/mol. The molecule has 3 rings (SSSR count). The number of likely N-dealkylation sites (tertiary alicyclic amines) is 1. The van der Waals surface area contributed by atoms with Gasteiger partial charge in [0, 0.05) is 64.0 Å². The summed E-state index contributed by atoms with van der Waals surface area (Å²) in [6.45, 7) is 1.40. The first kappa shape index (κ1) is 23.0. The number of aliphatic hydroxyl groups excluding tert-OH is 1. The Kier molecular flexibility index (Phi) is 7.91. The van der Waals surface area contributed by atoms with Crippen LogP contribution < -0.4 is 0 Å². The molecule has 1 aromatic heterocycles. The Morgan fingerprint density at radius 3 is 2.45 bits per heavy atom.